The topological polar surface area (TPSA) is 27.8 Å². The number of H-pyrrole nitrogens is 1. The molecule has 0 radical (unpaired) electrons. The van der Waals surface area contributed by atoms with Crippen molar-refractivity contribution in [1.29, 1.82) is 0 Å². The third kappa shape index (κ3) is 2.72. The molecule has 3 rings (SSSR count). The average molecular weight is 291 g/mol. The van der Waals surface area contributed by atoms with E-state index in [-0.39, 0.29) is 12.4 Å². The van der Waals surface area contributed by atoms with Gasteiger partial charge in [-0.2, -0.15) is 13.2 Å². The Morgan fingerprint density at radius 1 is 1.21 bits per heavy atom. The molecule has 0 saturated carbocycles. The molecular formula is C13H14ClF3N2. The van der Waals surface area contributed by atoms with E-state index in [1.165, 1.54) is 0 Å². The molecule has 1 aliphatic rings. The van der Waals surface area contributed by atoms with Gasteiger partial charge in [0, 0.05) is 16.6 Å². The van der Waals surface area contributed by atoms with Crippen LogP contribution in [0, 0.1) is 0 Å². The van der Waals surface area contributed by atoms with Crippen molar-refractivity contribution in [3.63, 3.8) is 0 Å². The number of rotatable bonds is 1. The highest BCUT2D eigenvalue weighted by Gasteiger charge is 2.35. The van der Waals surface area contributed by atoms with Crippen molar-refractivity contribution in [3.8, 4) is 0 Å². The first-order chi connectivity index (χ1) is 8.54. The van der Waals surface area contributed by atoms with Gasteiger partial charge in [0.2, 0.25) is 0 Å². The minimum Gasteiger partial charge on any atom is -0.357 e. The molecule has 1 atom stereocenters. The molecule has 2 aromatic rings. The number of benzene rings is 1. The standard InChI is InChI=1S/C13H13F3N2.ClH/c14-13(15,16)7-11-12-9(5-6-17-11)8-3-1-2-4-10(8)18-12;/h1-4,11,17-18H,5-7H2;1H. The van der Waals surface area contributed by atoms with Gasteiger partial charge in [-0.05, 0) is 24.6 Å². The Bertz CT molecular complexity index is 577. The minimum atomic E-state index is -4.15. The van der Waals surface area contributed by atoms with Crippen LogP contribution in [0.3, 0.4) is 0 Å². The Morgan fingerprint density at radius 3 is 2.68 bits per heavy atom. The van der Waals surface area contributed by atoms with Crippen molar-refractivity contribution in [2.24, 2.45) is 0 Å². The SMILES string of the molecule is Cl.FC(F)(F)CC1NCCc2c1[nH]c1ccccc21. The average Bonchev–Trinajstić information content (AvgIpc) is 2.67. The summed E-state index contributed by atoms with van der Waals surface area (Å²) in [4.78, 5) is 3.13. The molecule has 1 aliphatic heterocycles. The molecule has 104 valence electrons. The van der Waals surface area contributed by atoms with Crippen LogP contribution >= 0.6 is 12.4 Å². The molecule has 1 aromatic carbocycles. The Hall–Kier alpha value is -1.20. The number of para-hydroxylation sites is 1. The van der Waals surface area contributed by atoms with Crippen molar-refractivity contribution >= 4 is 23.3 Å². The van der Waals surface area contributed by atoms with Crippen molar-refractivity contribution in [2.45, 2.75) is 25.1 Å². The quantitative estimate of drug-likeness (QED) is 0.823. The van der Waals surface area contributed by atoms with Gasteiger partial charge in [0.25, 0.3) is 0 Å². The largest absolute Gasteiger partial charge is 0.390 e. The number of alkyl halides is 3. The Morgan fingerprint density at radius 2 is 1.95 bits per heavy atom. The van der Waals surface area contributed by atoms with Gasteiger partial charge in [-0.15, -0.1) is 12.4 Å². The number of nitrogens with one attached hydrogen (secondary N) is 2. The fourth-order valence-electron chi connectivity index (χ4n) is 2.67. The maximum atomic E-state index is 12.5. The summed E-state index contributed by atoms with van der Waals surface area (Å²) in [6.45, 7) is 0.593. The second-order valence-electron chi connectivity index (χ2n) is 4.64. The summed E-state index contributed by atoms with van der Waals surface area (Å²) in [6, 6.07) is 7.01. The maximum Gasteiger partial charge on any atom is 0.390 e. The molecule has 0 bridgehead atoms. The Kier molecular flexibility index (Phi) is 3.78. The van der Waals surface area contributed by atoms with Crippen LogP contribution in [0.1, 0.15) is 23.7 Å². The van der Waals surface area contributed by atoms with Crippen LogP contribution in [0.25, 0.3) is 10.9 Å². The number of halogens is 4. The van der Waals surface area contributed by atoms with Gasteiger partial charge in [-0.3, -0.25) is 0 Å². The predicted molar refractivity (Wildman–Crippen MR) is 70.7 cm³/mol. The van der Waals surface area contributed by atoms with Gasteiger partial charge in [0.15, 0.2) is 0 Å². The summed E-state index contributed by atoms with van der Waals surface area (Å²) in [6.07, 6.45) is -4.20. The zero-order chi connectivity index (χ0) is 12.8. The van der Waals surface area contributed by atoms with Crippen LogP contribution in [0.5, 0.6) is 0 Å². The molecule has 1 aromatic heterocycles. The van der Waals surface area contributed by atoms with Crippen LogP contribution in [0.2, 0.25) is 0 Å². The van der Waals surface area contributed by atoms with Crippen LogP contribution in [-0.4, -0.2) is 17.7 Å². The third-order valence-corrected chi connectivity index (χ3v) is 3.40. The molecule has 2 N–H and O–H groups in total. The first-order valence-corrected chi connectivity index (χ1v) is 5.94. The lowest BCUT2D eigenvalue weighted by Gasteiger charge is -2.25. The molecule has 0 saturated heterocycles. The van der Waals surface area contributed by atoms with Gasteiger partial charge in [-0.1, -0.05) is 18.2 Å². The predicted octanol–water partition coefficient (Wildman–Crippen LogP) is 3.73. The van der Waals surface area contributed by atoms with E-state index in [4.69, 9.17) is 0 Å². The van der Waals surface area contributed by atoms with E-state index in [0.29, 0.717) is 12.2 Å². The number of hydrogen-bond acceptors (Lipinski definition) is 1. The van der Waals surface area contributed by atoms with E-state index >= 15 is 0 Å². The Balaban J connectivity index is 0.00000133. The van der Waals surface area contributed by atoms with Crippen molar-refractivity contribution in [1.82, 2.24) is 10.3 Å². The number of aromatic nitrogens is 1. The van der Waals surface area contributed by atoms with Crippen molar-refractivity contribution in [2.75, 3.05) is 6.54 Å². The fourth-order valence-corrected chi connectivity index (χ4v) is 2.67. The van der Waals surface area contributed by atoms with Gasteiger partial charge < -0.3 is 10.3 Å². The van der Waals surface area contributed by atoms with Crippen LogP contribution < -0.4 is 5.32 Å². The zero-order valence-electron chi connectivity index (χ0n) is 10.1. The third-order valence-electron chi connectivity index (χ3n) is 3.40. The first-order valence-electron chi connectivity index (χ1n) is 5.94. The van der Waals surface area contributed by atoms with Crippen LogP contribution in [0.15, 0.2) is 24.3 Å². The Labute approximate surface area is 114 Å². The zero-order valence-corrected chi connectivity index (χ0v) is 10.9. The summed E-state index contributed by atoms with van der Waals surface area (Å²) in [5.74, 6) is 0. The van der Waals surface area contributed by atoms with E-state index in [1.807, 2.05) is 24.3 Å². The molecule has 2 nitrogen and oxygen atoms in total. The molecule has 0 aliphatic carbocycles. The molecule has 6 heteroatoms. The number of fused-ring (bicyclic) bond motifs is 3. The van der Waals surface area contributed by atoms with Gasteiger partial charge in [0.05, 0.1) is 12.5 Å². The van der Waals surface area contributed by atoms with E-state index in [1.54, 1.807) is 0 Å². The van der Waals surface area contributed by atoms with E-state index in [2.05, 4.69) is 10.3 Å². The smallest absolute Gasteiger partial charge is 0.357 e. The minimum absolute atomic E-state index is 0. The van der Waals surface area contributed by atoms with E-state index in [9.17, 15) is 13.2 Å². The highest BCUT2D eigenvalue weighted by Crippen LogP contribution is 2.35. The summed E-state index contributed by atoms with van der Waals surface area (Å²) < 4.78 is 37.6. The second-order valence-corrected chi connectivity index (χ2v) is 4.64. The van der Waals surface area contributed by atoms with Crippen molar-refractivity contribution in [3.05, 3.63) is 35.5 Å². The van der Waals surface area contributed by atoms with Gasteiger partial charge in [-0.25, -0.2) is 0 Å². The summed E-state index contributed by atoms with van der Waals surface area (Å²) >= 11 is 0. The second kappa shape index (κ2) is 5.06. The highest BCUT2D eigenvalue weighted by atomic mass is 35.5. The number of hydrogen-bond donors (Lipinski definition) is 2. The molecule has 19 heavy (non-hydrogen) atoms. The lowest BCUT2D eigenvalue weighted by molar-refractivity contribution is -0.140. The highest BCUT2D eigenvalue weighted by molar-refractivity contribution is 5.85. The first kappa shape index (κ1) is 14.2. The van der Waals surface area contributed by atoms with Crippen LogP contribution in [-0.2, 0) is 6.42 Å². The van der Waals surface area contributed by atoms with Gasteiger partial charge in [0.1, 0.15) is 0 Å². The maximum absolute atomic E-state index is 12.5. The lowest BCUT2D eigenvalue weighted by atomic mass is 9.97. The lowest BCUT2D eigenvalue weighted by Crippen LogP contribution is -2.33. The summed E-state index contributed by atoms with van der Waals surface area (Å²) in [5, 5.41) is 3.98. The monoisotopic (exact) mass is 290 g/mol. The molecule has 0 spiro atoms. The normalized spacial score (nSPS) is 19.0. The molecule has 1 unspecified atom stereocenters. The number of aromatic amines is 1. The van der Waals surface area contributed by atoms with Gasteiger partial charge >= 0.3 is 6.18 Å². The summed E-state index contributed by atoms with van der Waals surface area (Å²) in [5.41, 5.74) is 2.64. The fraction of sp³-hybridized carbons (Fsp3) is 0.385. The van der Waals surface area contributed by atoms with E-state index < -0.39 is 18.6 Å². The van der Waals surface area contributed by atoms with Crippen molar-refractivity contribution < 1.29 is 13.2 Å². The van der Waals surface area contributed by atoms with Crippen LogP contribution in [0.4, 0.5) is 13.2 Å². The summed E-state index contributed by atoms with van der Waals surface area (Å²) in [7, 11) is 0. The molecule has 0 amide bonds. The molecule has 0 fully saturated rings. The van der Waals surface area contributed by atoms with E-state index in [0.717, 1.165) is 22.9 Å². The molecule has 2 heterocycles. The molecular weight excluding hydrogens is 277 g/mol.